The van der Waals surface area contributed by atoms with Crippen molar-refractivity contribution >= 4 is 23.5 Å². The highest BCUT2D eigenvalue weighted by Crippen LogP contribution is 2.10. The van der Waals surface area contributed by atoms with Gasteiger partial charge in [0.1, 0.15) is 6.04 Å². The summed E-state index contributed by atoms with van der Waals surface area (Å²) >= 11 is 0. The van der Waals surface area contributed by atoms with Gasteiger partial charge >= 0.3 is 11.9 Å². The molecule has 0 aliphatic rings. The Morgan fingerprint density at radius 3 is 2.24 bits per heavy atom. The second-order valence-electron chi connectivity index (χ2n) is 4.40. The highest BCUT2D eigenvalue weighted by molar-refractivity contribution is 5.96. The number of aliphatic carboxylic acids is 2. The summed E-state index contributed by atoms with van der Waals surface area (Å²) in [5.41, 5.74) is 1.17. The van der Waals surface area contributed by atoms with Crippen molar-refractivity contribution in [3.63, 3.8) is 0 Å². The number of carbonyl (C=O) groups excluding carboxylic acids is 1. The van der Waals surface area contributed by atoms with Gasteiger partial charge < -0.3 is 20.8 Å². The molecule has 0 aliphatic carbocycles. The smallest absolute Gasteiger partial charge is 0.326 e. The first kappa shape index (κ1) is 16.5. The van der Waals surface area contributed by atoms with Gasteiger partial charge in [-0.25, -0.2) is 4.79 Å². The molecule has 0 spiro atoms. The molecular weight excluding hydrogens is 276 g/mol. The second kappa shape index (κ2) is 7.88. The van der Waals surface area contributed by atoms with Gasteiger partial charge in [0.2, 0.25) is 0 Å². The molecule has 1 rings (SSSR count). The Morgan fingerprint density at radius 2 is 1.76 bits per heavy atom. The maximum absolute atomic E-state index is 11.9. The lowest BCUT2D eigenvalue weighted by atomic mass is 10.1. The standard InChI is InChI=1S/C14H18N2O5/c1-2-15-10-5-3-9(4-6-10)13(19)16-11(14(20)21)7-8-12(17)18/h3-6,11,15H,2,7-8H2,1H3,(H,16,19)(H,17,18)(H,20,21). The largest absolute Gasteiger partial charge is 0.481 e. The van der Waals surface area contributed by atoms with Gasteiger partial charge in [-0.15, -0.1) is 0 Å². The molecule has 7 heteroatoms. The van der Waals surface area contributed by atoms with Gasteiger partial charge in [-0.2, -0.15) is 0 Å². The third kappa shape index (κ3) is 5.52. The van der Waals surface area contributed by atoms with Crippen LogP contribution in [0.5, 0.6) is 0 Å². The zero-order valence-corrected chi connectivity index (χ0v) is 11.6. The minimum atomic E-state index is -1.26. The Bertz CT molecular complexity index is 513. The first-order chi connectivity index (χ1) is 9.93. The summed E-state index contributed by atoms with van der Waals surface area (Å²) in [5.74, 6) is -2.91. The van der Waals surface area contributed by atoms with E-state index >= 15 is 0 Å². The third-order valence-corrected chi connectivity index (χ3v) is 2.78. The van der Waals surface area contributed by atoms with Crippen molar-refractivity contribution in [1.29, 1.82) is 0 Å². The Morgan fingerprint density at radius 1 is 1.14 bits per heavy atom. The number of benzene rings is 1. The van der Waals surface area contributed by atoms with Gasteiger partial charge in [-0.05, 0) is 37.6 Å². The third-order valence-electron chi connectivity index (χ3n) is 2.78. The van der Waals surface area contributed by atoms with Crippen LogP contribution in [-0.2, 0) is 9.59 Å². The van der Waals surface area contributed by atoms with E-state index in [1.54, 1.807) is 24.3 Å². The van der Waals surface area contributed by atoms with Gasteiger partial charge in [0.15, 0.2) is 0 Å². The summed E-state index contributed by atoms with van der Waals surface area (Å²) in [7, 11) is 0. The van der Waals surface area contributed by atoms with Crippen LogP contribution in [-0.4, -0.2) is 40.6 Å². The molecule has 1 aromatic rings. The fourth-order valence-electron chi connectivity index (χ4n) is 1.71. The molecule has 4 N–H and O–H groups in total. The van der Waals surface area contributed by atoms with Crippen molar-refractivity contribution in [2.45, 2.75) is 25.8 Å². The van der Waals surface area contributed by atoms with Crippen molar-refractivity contribution in [3.05, 3.63) is 29.8 Å². The summed E-state index contributed by atoms with van der Waals surface area (Å²) in [6.45, 7) is 2.70. The molecule has 1 aromatic carbocycles. The predicted octanol–water partition coefficient (Wildman–Crippen LogP) is 1.17. The van der Waals surface area contributed by atoms with Gasteiger partial charge in [-0.1, -0.05) is 0 Å². The summed E-state index contributed by atoms with van der Waals surface area (Å²) in [5, 5.41) is 22.9. The molecule has 1 unspecified atom stereocenters. The Kier molecular flexibility index (Phi) is 6.19. The molecule has 1 atom stereocenters. The highest BCUT2D eigenvalue weighted by Gasteiger charge is 2.21. The molecule has 0 saturated heterocycles. The minimum Gasteiger partial charge on any atom is -0.481 e. The summed E-state index contributed by atoms with van der Waals surface area (Å²) < 4.78 is 0. The number of carbonyl (C=O) groups is 3. The number of rotatable bonds is 8. The van der Waals surface area contributed by atoms with Crippen LogP contribution in [0.25, 0.3) is 0 Å². The number of carboxylic acid groups (broad SMARTS) is 2. The van der Waals surface area contributed by atoms with Crippen LogP contribution in [0.4, 0.5) is 5.69 Å². The zero-order chi connectivity index (χ0) is 15.8. The van der Waals surface area contributed by atoms with E-state index in [1.165, 1.54) is 0 Å². The monoisotopic (exact) mass is 294 g/mol. The van der Waals surface area contributed by atoms with Crippen LogP contribution >= 0.6 is 0 Å². The van der Waals surface area contributed by atoms with Crippen molar-refractivity contribution < 1.29 is 24.6 Å². The average Bonchev–Trinajstić information content (AvgIpc) is 2.43. The quantitative estimate of drug-likeness (QED) is 0.572. The molecule has 21 heavy (non-hydrogen) atoms. The van der Waals surface area contributed by atoms with E-state index < -0.39 is 23.9 Å². The average molecular weight is 294 g/mol. The molecule has 0 aliphatic heterocycles. The van der Waals surface area contributed by atoms with E-state index in [2.05, 4.69) is 10.6 Å². The molecular formula is C14H18N2O5. The first-order valence-corrected chi connectivity index (χ1v) is 6.53. The van der Waals surface area contributed by atoms with Crippen LogP contribution in [0.15, 0.2) is 24.3 Å². The van der Waals surface area contributed by atoms with Gasteiger partial charge in [-0.3, -0.25) is 9.59 Å². The fraction of sp³-hybridized carbons (Fsp3) is 0.357. The zero-order valence-electron chi connectivity index (χ0n) is 11.6. The van der Waals surface area contributed by atoms with Crippen LogP contribution in [0.1, 0.15) is 30.1 Å². The van der Waals surface area contributed by atoms with E-state index in [4.69, 9.17) is 10.2 Å². The highest BCUT2D eigenvalue weighted by atomic mass is 16.4. The van der Waals surface area contributed by atoms with Crippen molar-refractivity contribution in [2.24, 2.45) is 0 Å². The Labute approximate surface area is 122 Å². The van der Waals surface area contributed by atoms with Crippen LogP contribution in [0.3, 0.4) is 0 Å². The van der Waals surface area contributed by atoms with E-state index in [-0.39, 0.29) is 12.8 Å². The number of nitrogens with one attached hydrogen (secondary N) is 2. The number of hydrogen-bond donors (Lipinski definition) is 4. The van der Waals surface area contributed by atoms with Crippen LogP contribution in [0.2, 0.25) is 0 Å². The van der Waals surface area contributed by atoms with E-state index in [9.17, 15) is 14.4 Å². The van der Waals surface area contributed by atoms with Crippen LogP contribution < -0.4 is 10.6 Å². The molecule has 0 aromatic heterocycles. The molecule has 0 saturated carbocycles. The fourth-order valence-corrected chi connectivity index (χ4v) is 1.71. The summed E-state index contributed by atoms with van der Waals surface area (Å²) in [4.78, 5) is 33.4. The minimum absolute atomic E-state index is 0.161. The van der Waals surface area contributed by atoms with Gasteiger partial charge in [0.25, 0.3) is 5.91 Å². The predicted molar refractivity (Wildman–Crippen MR) is 76.4 cm³/mol. The molecule has 0 heterocycles. The molecule has 114 valence electrons. The molecule has 0 radical (unpaired) electrons. The Hall–Kier alpha value is -2.57. The van der Waals surface area contributed by atoms with Crippen molar-refractivity contribution in [3.8, 4) is 0 Å². The first-order valence-electron chi connectivity index (χ1n) is 6.53. The number of carboxylic acids is 2. The molecule has 0 fully saturated rings. The number of anilines is 1. The number of amides is 1. The number of hydrogen-bond acceptors (Lipinski definition) is 4. The SMILES string of the molecule is CCNc1ccc(C(=O)NC(CCC(=O)O)C(=O)O)cc1. The van der Waals surface area contributed by atoms with Crippen LogP contribution in [0, 0.1) is 0 Å². The van der Waals surface area contributed by atoms with Crippen molar-refractivity contribution in [2.75, 3.05) is 11.9 Å². The topological polar surface area (TPSA) is 116 Å². The van der Waals surface area contributed by atoms with Gasteiger partial charge in [0.05, 0.1) is 0 Å². The summed E-state index contributed by atoms with van der Waals surface area (Å²) in [6, 6.07) is 5.35. The molecule has 1 amide bonds. The van der Waals surface area contributed by atoms with E-state index in [0.717, 1.165) is 12.2 Å². The van der Waals surface area contributed by atoms with Crippen molar-refractivity contribution in [1.82, 2.24) is 5.32 Å². The summed E-state index contributed by atoms with van der Waals surface area (Å²) in [6.07, 6.45) is -0.484. The van der Waals surface area contributed by atoms with E-state index in [1.807, 2.05) is 6.92 Å². The van der Waals surface area contributed by atoms with Gasteiger partial charge in [0, 0.05) is 24.2 Å². The lowest BCUT2D eigenvalue weighted by Gasteiger charge is -2.13. The molecule has 0 bridgehead atoms. The normalized spacial score (nSPS) is 11.5. The maximum atomic E-state index is 11.9. The lowest BCUT2D eigenvalue weighted by Crippen LogP contribution is -2.41. The lowest BCUT2D eigenvalue weighted by molar-refractivity contribution is -0.140. The maximum Gasteiger partial charge on any atom is 0.326 e. The Balaban J connectivity index is 2.67. The second-order valence-corrected chi connectivity index (χ2v) is 4.40. The molecule has 7 nitrogen and oxygen atoms in total. The van der Waals surface area contributed by atoms with E-state index in [0.29, 0.717) is 5.56 Å².